The average molecular weight is 614 g/mol. The summed E-state index contributed by atoms with van der Waals surface area (Å²) in [7, 11) is 0. The van der Waals surface area contributed by atoms with Gasteiger partial charge in [0, 0.05) is 30.1 Å². The molecule has 1 atom stereocenters. The van der Waals surface area contributed by atoms with E-state index >= 15 is 0 Å². The van der Waals surface area contributed by atoms with E-state index in [0.29, 0.717) is 49.0 Å². The molecule has 1 saturated heterocycles. The number of imidazole rings is 1. The fourth-order valence-corrected chi connectivity index (χ4v) is 6.27. The normalized spacial score (nSPS) is 20.8. The third-order valence-corrected chi connectivity index (χ3v) is 8.53. The first kappa shape index (κ1) is 30.1. The van der Waals surface area contributed by atoms with Gasteiger partial charge in [-0.05, 0) is 43.2 Å². The van der Waals surface area contributed by atoms with Gasteiger partial charge in [-0.15, -0.1) is 12.3 Å². The second-order valence-electron chi connectivity index (χ2n) is 11.4. The number of carboxylic acid groups (broad SMARTS) is 1. The molecule has 45 heavy (non-hydrogen) atoms. The van der Waals surface area contributed by atoms with Crippen molar-refractivity contribution < 1.29 is 23.4 Å². The number of alkyl halides is 2. The predicted molar refractivity (Wildman–Crippen MR) is 166 cm³/mol. The number of nitrogens with zero attached hydrogens (tertiary/aromatic N) is 6. The van der Waals surface area contributed by atoms with Crippen molar-refractivity contribution in [3.05, 3.63) is 71.5 Å². The molecule has 232 valence electrons. The number of halogens is 2. The van der Waals surface area contributed by atoms with Crippen LogP contribution in [0.5, 0.6) is 0 Å². The Labute approximate surface area is 259 Å². The highest BCUT2D eigenvalue weighted by Crippen LogP contribution is 2.38. The van der Waals surface area contributed by atoms with E-state index in [1.54, 1.807) is 6.07 Å². The van der Waals surface area contributed by atoms with Crippen LogP contribution in [0.15, 0.2) is 59.6 Å². The minimum Gasteiger partial charge on any atom is -0.463 e. The molecule has 2 aromatic carbocycles. The number of fused-ring (bicyclic) bond motifs is 1. The van der Waals surface area contributed by atoms with Crippen LogP contribution in [-0.4, -0.2) is 56.3 Å². The molecule has 1 unspecified atom stereocenters. The van der Waals surface area contributed by atoms with Crippen LogP contribution in [0.4, 0.5) is 19.5 Å². The lowest BCUT2D eigenvalue weighted by Gasteiger charge is -2.37. The van der Waals surface area contributed by atoms with Crippen LogP contribution in [0.3, 0.4) is 0 Å². The second kappa shape index (κ2) is 13.0. The van der Waals surface area contributed by atoms with E-state index in [0.717, 1.165) is 31.2 Å². The lowest BCUT2D eigenvalue weighted by Crippen LogP contribution is -2.41. The van der Waals surface area contributed by atoms with E-state index in [1.807, 2.05) is 30.3 Å². The SMILES string of the molecule is C#CC1CCC(Cn2c(N3CCOCC3c3ccccc3)nc3nc(C(N)=NC(=O)O)nc(-c4cccc(C(F)F)c4)c32)CC1. The standard InChI is InChI=1S/C33H33F2N7O3/c1-2-20-11-13-21(14-12-20)18-42-27-26(23-9-6-10-24(17-23)28(34)35)37-31(29(36)38-33(43)44)39-30(27)40-32(42)41-15-16-45-19-25(41)22-7-4-3-5-8-22/h1,3-10,17,20-21,25,28H,11-16,18-19H2,(H2,36,38)(H,43,44). The Morgan fingerprint density at radius 1 is 1.11 bits per heavy atom. The number of hydrogen-bond acceptors (Lipinski definition) is 6. The largest absolute Gasteiger partial charge is 0.463 e. The van der Waals surface area contributed by atoms with Crippen LogP contribution in [-0.2, 0) is 11.3 Å². The first-order valence-electron chi connectivity index (χ1n) is 14.9. The number of nitrogens with two attached hydrogens (primary N) is 1. The maximum absolute atomic E-state index is 13.8. The maximum atomic E-state index is 13.8. The molecule has 0 radical (unpaired) electrons. The number of morpholine rings is 1. The zero-order valence-electron chi connectivity index (χ0n) is 24.5. The third-order valence-electron chi connectivity index (χ3n) is 8.53. The first-order chi connectivity index (χ1) is 21.8. The number of rotatable bonds is 7. The van der Waals surface area contributed by atoms with Crippen LogP contribution in [0.1, 0.15) is 55.1 Å². The second-order valence-corrected chi connectivity index (χ2v) is 11.4. The highest BCUT2D eigenvalue weighted by Gasteiger charge is 2.32. The summed E-state index contributed by atoms with van der Waals surface area (Å²) in [5.41, 5.74) is 8.40. The Morgan fingerprint density at radius 2 is 1.89 bits per heavy atom. The highest BCUT2D eigenvalue weighted by atomic mass is 19.3. The molecule has 1 aliphatic heterocycles. The lowest BCUT2D eigenvalue weighted by atomic mass is 9.82. The van der Waals surface area contributed by atoms with Gasteiger partial charge >= 0.3 is 6.09 Å². The van der Waals surface area contributed by atoms with Gasteiger partial charge in [-0.2, -0.15) is 9.98 Å². The summed E-state index contributed by atoms with van der Waals surface area (Å²) in [6, 6.07) is 15.8. The molecule has 3 N–H and O–H groups in total. The van der Waals surface area contributed by atoms with E-state index in [1.165, 1.54) is 18.2 Å². The van der Waals surface area contributed by atoms with Gasteiger partial charge in [0.2, 0.25) is 5.95 Å². The number of amidine groups is 1. The average Bonchev–Trinajstić information content (AvgIpc) is 3.42. The molecule has 0 bridgehead atoms. The summed E-state index contributed by atoms with van der Waals surface area (Å²) < 4.78 is 35.7. The quantitative estimate of drug-likeness (QED) is 0.151. The summed E-state index contributed by atoms with van der Waals surface area (Å²) >= 11 is 0. The summed E-state index contributed by atoms with van der Waals surface area (Å²) in [5, 5.41) is 9.26. The van der Waals surface area contributed by atoms with Crippen molar-refractivity contribution in [2.75, 3.05) is 24.7 Å². The zero-order chi connectivity index (χ0) is 31.5. The third kappa shape index (κ3) is 6.35. The summed E-state index contributed by atoms with van der Waals surface area (Å²) in [6.07, 6.45) is 5.20. The number of benzene rings is 2. The van der Waals surface area contributed by atoms with Gasteiger partial charge in [0.15, 0.2) is 17.3 Å². The predicted octanol–water partition coefficient (Wildman–Crippen LogP) is 5.83. The summed E-state index contributed by atoms with van der Waals surface area (Å²) in [6.45, 7) is 2.05. The molecule has 1 aliphatic carbocycles. The Bertz CT molecular complexity index is 1760. The molecule has 2 aromatic heterocycles. The van der Waals surface area contributed by atoms with Crippen molar-refractivity contribution in [3.8, 4) is 23.6 Å². The van der Waals surface area contributed by atoms with E-state index in [4.69, 9.17) is 21.9 Å². The number of terminal acetylenes is 1. The fourth-order valence-electron chi connectivity index (χ4n) is 6.27. The number of carbonyl (C=O) groups is 1. The van der Waals surface area contributed by atoms with E-state index in [9.17, 15) is 18.7 Å². The Balaban J connectivity index is 1.58. The van der Waals surface area contributed by atoms with E-state index < -0.39 is 18.4 Å². The van der Waals surface area contributed by atoms with Gasteiger partial charge in [0.1, 0.15) is 11.2 Å². The van der Waals surface area contributed by atoms with Crippen molar-refractivity contribution in [3.63, 3.8) is 0 Å². The minimum absolute atomic E-state index is 0.149. The van der Waals surface area contributed by atoms with Crippen molar-refractivity contribution in [2.24, 2.45) is 22.6 Å². The topological polar surface area (TPSA) is 132 Å². The van der Waals surface area contributed by atoms with Gasteiger partial charge in [0.25, 0.3) is 6.43 Å². The molecule has 12 heteroatoms. The van der Waals surface area contributed by atoms with Crippen LogP contribution >= 0.6 is 0 Å². The van der Waals surface area contributed by atoms with Crippen LogP contribution in [0.25, 0.3) is 22.4 Å². The number of aromatic nitrogens is 4. The molecule has 2 aliphatic rings. The Morgan fingerprint density at radius 3 is 2.60 bits per heavy atom. The minimum atomic E-state index is -2.70. The molecule has 1 amide bonds. The first-order valence-corrected chi connectivity index (χ1v) is 14.9. The molecule has 4 aromatic rings. The van der Waals surface area contributed by atoms with E-state index in [-0.39, 0.29) is 34.9 Å². The molecular formula is C33H33F2N7O3. The summed E-state index contributed by atoms with van der Waals surface area (Å²) in [4.78, 5) is 31.2. The Hall–Kier alpha value is -4.89. The number of anilines is 1. The van der Waals surface area contributed by atoms with Crippen LogP contribution in [0.2, 0.25) is 0 Å². The number of amides is 1. The smallest absolute Gasteiger partial charge is 0.433 e. The van der Waals surface area contributed by atoms with Gasteiger partial charge in [-0.25, -0.2) is 23.5 Å². The summed E-state index contributed by atoms with van der Waals surface area (Å²) in [5.74, 6) is 3.46. The van der Waals surface area contributed by atoms with Crippen LogP contribution < -0.4 is 10.6 Å². The van der Waals surface area contributed by atoms with Crippen LogP contribution in [0, 0.1) is 24.2 Å². The van der Waals surface area contributed by atoms with Gasteiger partial charge in [0.05, 0.1) is 19.3 Å². The maximum Gasteiger partial charge on any atom is 0.433 e. The molecule has 1 saturated carbocycles. The van der Waals surface area contributed by atoms with Crippen molar-refractivity contribution in [2.45, 2.75) is 44.7 Å². The molecule has 3 heterocycles. The number of hydrogen-bond donors (Lipinski definition) is 2. The highest BCUT2D eigenvalue weighted by molar-refractivity contribution is 6.02. The Kier molecular flexibility index (Phi) is 8.71. The molecule has 2 fully saturated rings. The fraction of sp³-hybridized carbons (Fsp3) is 0.364. The van der Waals surface area contributed by atoms with Gasteiger partial charge in [-0.3, -0.25) is 0 Å². The lowest BCUT2D eigenvalue weighted by molar-refractivity contribution is 0.0927. The number of ether oxygens (including phenoxy) is 1. The van der Waals surface area contributed by atoms with Crippen molar-refractivity contribution in [1.82, 2.24) is 19.5 Å². The molecule has 6 rings (SSSR count). The van der Waals surface area contributed by atoms with Crippen molar-refractivity contribution >= 4 is 29.0 Å². The van der Waals surface area contributed by atoms with Gasteiger partial charge in [-0.1, -0.05) is 48.5 Å². The van der Waals surface area contributed by atoms with Crippen molar-refractivity contribution in [1.29, 1.82) is 0 Å². The molecule has 10 nitrogen and oxygen atoms in total. The van der Waals surface area contributed by atoms with Gasteiger partial charge < -0.3 is 25.0 Å². The van der Waals surface area contributed by atoms with E-state index in [2.05, 4.69) is 30.3 Å². The monoisotopic (exact) mass is 613 g/mol. The molecule has 0 spiro atoms. The molecular weight excluding hydrogens is 580 g/mol. The number of aliphatic imine (C=N–C) groups is 1. The zero-order valence-corrected chi connectivity index (χ0v) is 24.5.